The molecular weight excluding hydrogens is 762 g/mol. The van der Waals surface area contributed by atoms with E-state index in [0.29, 0.717) is 43.2 Å². The summed E-state index contributed by atoms with van der Waals surface area (Å²) in [5, 5.41) is 0. The first-order valence-corrected chi connectivity index (χ1v) is 16.6. The minimum atomic E-state index is -0.818. The van der Waals surface area contributed by atoms with Crippen molar-refractivity contribution >= 4 is 61.9 Å². The highest BCUT2D eigenvalue weighted by Crippen LogP contribution is 2.36. The molecule has 3 aromatic carbocycles. The van der Waals surface area contributed by atoms with E-state index in [2.05, 4.69) is 43.5 Å². The van der Waals surface area contributed by atoms with E-state index in [0.717, 1.165) is 8.04 Å². The molecule has 0 unspecified atom stereocenters. The number of aromatic nitrogens is 1. The van der Waals surface area contributed by atoms with Crippen LogP contribution in [0.3, 0.4) is 0 Å². The van der Waals surface area contributed by atoms with Gasteiger partial charge in [0.1, 0.15) is 30.0 Å². The average molecular weight is 791 g/mol. The monoisotopic (exact) mass is 790 g/mol. The van der Waals surface area contributed by atoms with Gasteiger partial charge in [0.15, 0.2) is 4.80 Å². The van der Waals surface area contributed by atoms with Crippen LogP contribution in [0.5, 0.6) is 11.5 Å². The molecule has 0 amide bonds. The number of hydrogen-bond acceptors (Lipinski definition) is 7. The molecule has 0 saturated heterocycles. The number of carbonyl (C=O) groups is 1. The lowest BCUT2D eigenvalue weighted by Crippen LogP contribution is -2.40. The zero-order chi connectivity index (χ0) is 31.5. The van der Waals surface area contributed by atoms with Gasteiger partial charge in [0.2, 0.25) is 0 Å². The van der Waals surface area contributed by atoms with E-state index >= 15 is 0 Å². The van der Waals surface area contributed by atoms with Crippen molar-refractivity contribution in [2.75, 3.05) is 6.61 Å². The van der Waals surface area contributed by atoms with Crippen LogP contribution < -0.4 is 24.4 Å². The molecule has 0 aliphatic carbocycles. The lowest BCUT2D eigenvalue weighted by Gasteiger charge is -2.26. The zero-order valence-electron chi connectivity index (χ0n) is 24.4. The Kier molecular flexibility index (Phi) is 10.1. The van der Waals surface area contributed by atoms with E-state index in [1.165, 1.54) is 22.0 Å². The Morgan fingerprint density at radius 2 is 1.91 bits per heavy atom. The second-order valence-corrected chi connectivity index (χ2v) is 13.3. The van der Waals surface area contributed by atoms with Crippen molar-refractivity contribution < 1.29 is 23.4 Å². The number of carbonyl (C=O) groups excluding carboxylic acids is 1. The van der Waals surface area contributed by atoms with Crippen molar-refractivity contribution in [3.05, 3.63) is 122 Å². The minimum Gasteiger partial charge on any atom is -0.491 e. The summed E-state index contributed by atoms with van der Waals surface area (Å²) in [7, 11) is 0. The third kappa shape index (κ3) is 6.69. The Bertz CT molecular complexity index is 1950. The third-order valence-electron chi connectivity index (χ3n) is 6.75. The fourth-order valence-corrected chi connectivity index (χ4v) is 7.64. The zero-order valence-corrected chi connectivity index (χ0v) is 29.0. The van der Waals surface area contributed by atoms with Crippen LogP contribution >= 0.6 is 49.9 Å². The largest absolute Gasteiger partial charge is 0.491 e. The molecule has 1 aliphatic rings. The highest BCUT2D eigenvalue weighted by molar-refractivity contribution is 14.1. The van der Waals surface area contributed by atoms with Crippen LogP contribution in [-0.2, 0) is 16.1 Å². The molecule has 4 aromatic rings. The fraction of sp³-hybridized carbons (Fsp3) is 0.242. The minimum absolute atomic E-state index is 0.0150. The highest BCUT2D eigenvalue weighted by Gasteiger charge is 2.35. The van der Waals surface area contributed by atoms with Gasteiger partial charge in [-0.2, -0.15) is 0 Å². The van der Waals surface area contributed by atoms with E-state index in [-0.39, 0.29) is 36.3 Å². The van der Waals surface area contributed by atoms with Crippen LogP contribution in [0, 0.1) is 9.39 Å². The molecule has 1 atom stereocenters. The number of nitrogens with zero attached hydrogens (tertiary/aromatic N) is 2. The summed E-state index contributed by atoms with van der Waals surface area (Å²) < 4.78 is 35.5. The van der Waals surface area contributed by atoms with Crippen molar-refractivity contribution in [2.24, 2.45) is 4.99 Å². The van der Waals surface area contributed by atoms with Gasteiger partial charge in [-0.05, 0) is 80.6 Å². The predicted octanol–water partition coefficient (Wildman–Crippen LogP) is 6.67. The summed E-state index contributed by atoms with van der Waals surface area (Å²) in [6, 6.07) is 16.7. The Labute approximate surface area is 280 Å². The van der Waals surface area contributed by atoms with Gasteiger partial charge in [0, 0.05) is 21.2 Å². The number of benzene rings is 3. The lowest BCUT2D eigenvalue weighted by atomic mass is 9.95. The summed E-state index contributed by atoms with van der Waals surface area (Å²) in [5.41, 5.74) is 2.11. The molecule has 228 valence electrons. The quantitative estimate of drug-likeness (QED) is 0.140. The van der Waals surface area contributed by atoms with Crippen molar-refractivity contribution in [2.45, 2.75) is 46.4 Å². The molecule has 1 aromatic heterocycles. The highest BCUT2D eigenvalue weighted by atomic mass is 127. The molecule has 0 bridgehead atoms. The lowest BCUT2D eigenvalue weighted by molar-refractivity contribution is -0.139. The van der Waals surface area contributed by atoms with Crippen molar-refractivity contribution in [3.8, 4) is 11.5 Å². The first-order chi connectivity index (χ1) is 21.1. The van der Waals surface area contributed by atoms with Crippen LogP contribution in [0.4, 0.5) is 4.39 Å². The molecule has 44 heavy (non-hydrogen) atoms. The van der Waals surface area contributed by atoms with Gasteiger partial charge in [-0.25, -0.2) is 14.2 Å². The average Bonchev–Trinajstić information content (AvgIpc) is 3.26. The number of para-hydroxylation sites is 1. The van der Waals surface area contributed by atoms with Crippen molar-refractivity contribution in [1.29, 1.82) is 0 Å². The maximum atomic E-state index is 14.3. The van der Waals surface area contributed by atoms with Gasteiger partial charge in [-0.1, -0.05) is 63.7 Å². The molecule has 11 heteroatoms. The molecule has 0 saturated carbocycles. The molecule has 0 spiro atoms. The second kappa shape index (κ2) is 13.8. The fourth-order valence-electron chi connectivity index (χ4n) is 4.90. The van der Waals surface area contributed by atoms with Crippen LogP contribution in [0.25, 0.3) is 6.08 Å². The number of ether oxygens (including phenoxy) is 3. The third-order valence-corrected chi connectivity index (χ3v) is 8.99. The van der Waals surface area contributed by atoms with E-state index in [9.17, 15) is 14.0 Å². The van der Waals surface area contributed by atoms with Gasteiger partial charge in [0.25, 0.3) is 5.56 Å². The molecular formula is C33H29BrFIN2O5S. The van der Waals surface area contributed by atoms with Gasteiger partial charge >= 0.3 is 5.97 Å². The van der Waals surface area contributed by atoms with Crippen molar-refractivity contribution in [3.63, 3.8) is 0 Å². The number of fused-ring (bicyclic) bond motifs is 1. The van der Waals surface area contributed by atoms with Crippen LogP contribution in [0.1, 0.15) is 50.4 Å². The van der Waals surface area contributed by atoms with E-state index < -0.39 is 12.0 Å². The maximum absolute atomic E-state index is 14.3. The summed E-state index contributed by atoms with van der Waals surface area (Å²) >= 11 is 6.91. The number of halogens is 3. The van der Waals surface area contributed by atoms with E-state index in [4.69, 9.17) is 14.2 Å². The smallest absolute Gasteiger partial charge is 0.338 e. The van der Waals surface area contributed by atoms with Gasteiger partial charge in [-0.15, -0.1) is 0 Å². The molecule has 7 nitrogen and oxygen atoms in total. The van der Waals surface area contributed by atoms with Crippen LogP contribution in [-0.4, -0.2) is 23.2 Å². The second-order valence-electron chi connectivity index (χ2n) is 10.2. The van der Waals surface area contributed by atoms with Crippen LogP contribution in [0.15, 0.2) is 86.2 Å². The van der Waals surface area contributed by atoms with Gasteiger partial charge in [0.05, 0.1) is 32.1 Å². The number of allylic oxidation sites excluding steroid dienone is 1. The summed E-state index contributed by atoms with van der Waals surface area (Å²) in [6.45, 7) is 7.50. The topological polar surface area (TPSA) is 79.1 Å². The number of esters is 1. The van der Waals surface area contributed by atoms with Crippen molar-refractivity contribution in [1.82, 2.24) is 4.57 Å². The number of thiazole rings is 1. The standard InChI is InChI=1S/C33H29BrFIN2O5S/c1-5-41-32(40)28-19(4)37-33-38(29(28)23-11-7-9-13-26(23)43-18(2)3)31(39)27(44-33)15-21-14-22(34)16-25(36)30(21)42-17-20-10-6-8-12-24(20)35/h6-16,18,29H,5,17H2,1-4H3/b27-15-/t29-/m1/s1. The van der Waals surface area contributed by atoms with E-state index in [1.54, 1.807) is 38.1 Å². The number of hydrogen-bond donors (Lipinski definition) is 0. The SMILES string of the molecule is CCOC(=O)C1=C(C)N=c2s/c(=C\c3cc(Br)cc(I)c3OCc3ccccc3F)c(=O)n2[C@@H]1c1ccccc1OC(C)C. The Morgan fingerprint density at radius 1 is 1.18 bits per heavy atom. The molecule has 5 rings (SSSR count). The maximum Gasteiger partial charge on any atom is 0.338 e. The van der Waals surface area contributed by atoms with E-state index in [1.807, 2.05) is 50.2 Å². The first kappa shape index (κ1) is 32.1. The molecule has 0 fully saturated rings. The Hall–Kier alpha value is -3.29. The molecule has 0 radical (unpaired) electrons. The van der Waals surface area contributed by atoms with Gasteiger partial charge < -0.3 is 14.2 Å². The molecule has 0 N–H and O–H groups in total. The Balaban J connectivity index is 1.68. The first-order valence-electron chi connectivity index (χ1n) is 13.9. The summed E-state index contributed by atoms with van der Waals surface area (Å²) in [6.07, 6.45) is 1.61. The van der Waals surface area contributed by atoms with Crippen LogP contribution in [0.2, 0.25) is 0 Å². The molecule has 1 aliphatic heterocycles. The predicted molar refractivity (Wildman–Crippen MR) is 180 cm³/mol. The molecule has 2 heterocycles. The van der Waals surface area contributed by atoms with Gasteiger partial charge in [-0.3, -0.25) is 9.36 Å². The summed E-state index contributed by atoms with van der Waals surface area (Å²) in [4.78, 5) is 32.7. The normalized spacial score (nSPS) is 14.8. The Morgan fingerprint density at radius 3 is 2.64 bits per heavy atom. The number of rotatable bonds is 9. The summed E-state index contributed by atoms with van der Waals surface area (Å²) in [5.74, 6) is 0.171.